The minimum atomic E-state index is -4.67. The van der Waals surface area contributed by atoms with Crippen LogP contribution in [0.3, 0.4) is 0 Å². The van der Waals surface area contributed by atoms with Gasteiger partial charge in [-0.1, -0.05) is 12.1 Å². The van der Waals surface area contributed by atoms with E-state index in [0.717, 1.165) is 16.8 Å². The molecule has 0 aliphatic heterocycles. The van der Waals surface area contributed by atoms with Crippen LogP contribution in [0.4, 0.5) is 13.2 Å². The summed E-state index contributed by atoms with van der Waals surface area (Å²) in [6, 6.07) is 5.60. The van der Waals surface area contributed by atoms with Gasteiger partial charge >= 0.3 is 12.1 Å². The van der Waals surface area contributed by atoms with Gasteiger partial charge in [0.2, 0.25) is 5.43 Å². The first-order valence-electron chi connectivity index (χ1n) is 8.39. The average molecular weight is 395 g/mol. The van der Waals surface area contributed by atoms with Crippen molar-refractivity contribution in [3.05, 3.63) is 57.5 Å². The number of alkyl halides is 3. The van der Waals surface area contributed by atoms with Gasteiger partial charge in [-0.3, -0.25) is 9.59 Å². The lowest BCUT2D eigenvalue weighted by Gasteiger charge is -2.37. The second-order valence-electron chi connectivity index (χ2n) is 6.62. The summed E-state index contributed by atoms with van der Waals surface area (Å²) in [7, 11) is 0. The number of nitrogens with zero attached hydrogens (tertiary/aromatic N) is 2. The van der Waals surface area contributed by atoms with E-state index < -0.39 is 40.3 Å². The van der Waals surface area contributed by atoms with Crippen LogP contribution in [-0.2, 0) is 11.0 Å². The van der Waals surface area contributed by atoms with Crippen LogP contribution in [0.2, 0.25) is 0 Å². The summed E-state index contributed by atoms with van der Waals surface area (Å²) in [5.74, 6) is -2.27. The van der Waals surface area contributed by atoms with Crippen LogP contribution < -0.4 is 10.7 Å². The number of carbonyl (C=O) groups excluding carboxylic acids is 1. The number of para-hydroxylation sites is 1. The monoisotopic (exact) mass is 395 g/mol. The number of rotatable bonds is 4. The summed E-state index contributed by atoms with van der Waals surface area (Å²) in [4.78, 5) is 36.1. The summed E-state index contributed by atoms with van der Waals surface area (Å²) in [6.45, 7) is 1.38. The molecule has 0 spiro atoms. The molecule has 0 radical (unpaired) electrons. The number of aliphatic carboxylic acids is 1. The Labute approximate surface area is 156 Å². The highest BCUT2D eigenvalue weighted by Crippen LogP contribution is 2.34. The van der Waals surface area contributed by atoms with E-state index in [-0.39, 0.29) is 24.2 Å². The predicted molar refractivity (Wildman–Crippen MR) is 91.3 cm³/mol. The molecule has 1 saturated carbocycles. The van der Waals surface area contributed by atoms with Crippen molar-refractivity contribution in [2.45, 2.75) is 37.9 Å². The summed E-state index contributed by atoms with van der Waals surface area (Å²) >= 11 is 0. The summed E-state index contributed by atoms with van der Waals surface area (Å²) in [5, 5.41) is 15.4. The fourth-order valence-corrected chi connectivity index (χ4v) is 3.05. The van der Waals surface area contributed by atoms with Gasteiger partial charge in [0, 0.05) is 11.8 Å². The van der Waals surface area contributed by atoms with Crippen LogP contribution in [0.25, 0.3) is 5.69 Å². The van der Waals surface area contributed by atoms with Crippen LogP contribution in [0.15, 0.2) is 35.1 Å². The largest absolute Gasteiger partial charge is 0.480 e. The third-order valence-electron chi connectivity index (χ3n) is 4.73. The van der Waals surface area contributed by atoms with Crippen molar-refractivity contribution in [3.8, 4) is 5.69 Å². The summed E-state index contributed by atoms with van der Waals surface area (Å²) in [5.41, 5.74) is -4.20. The van der Waals surface area contributed by atoms with E-state index in [1.54, 1.807) is 0 Å². The minimum absolute atomic E-state index is 0.0924. The summed E-state index contributed by atoms with van der Waals surface area (Å²) < 4.78 is 40.8. The lowest BCUT2D eigenvalue weighted by molar-refractivity contribution is -0.148. The Hall–Kier alpha value is -3.17. The van der Waals surface area contributed by atoms with Crippen LogP contribution >= 0.6 is 0 Å². The molecule has 2 N–H and O–H groups in total. The van der Waals surface area contributed by atoms with Crippen molar-refractivity contribution in [1.29, 1.82) is 0 Å². The molecular formula is C18H16F3N3O4. The fourth-order valence-electron chi connectivity index (χ4n) is 3.05. The topological polar surface area (TPSA) is 101 Å². The third kappa shape index (κ3) is 3.37. The highest BCUT2D eigenvalue weighted by molar-refractivity contribution is 5.96. The van der Waals surface area contributed by atoms with Crippen molar-refractivity contribution in [2.24, 2.45) is 0 Å². The number of hydrogen-bond acceptors (Lipinski definition) is 4. The Kier molecular flexibility index (Phi) is 4.74. The van der Waals surface area contributed by atoms with Gasteiger partial charge < -0.3 is 10.4 Å². The molecule has 148 valence electrons. The van der Waals surface area contributed by atoms with Gasteiger partial charge in [0.05, 0.1) is 11.3 Å². The van der Waals surface area contributed by atoms with Crippen molar-refractivity contribution in [2.75, 3.05) is 0 Å². The summed E-state index contributed by atoms with van der Waals surface area (Å²) in [6.07, 6.45) is -3.68. The van der Waals surface area contributed by atoms with Crippen LogP contribution in [-0.4, -0.2) is 32.3 Å². The Balaban J connectivity index is 2.07. The smallest absolute Gasteiger partial charge is 0.418 e. The van der Waals surface area contributed by atoms with Gasteiger partial charge in [-0.2, -0.15) is 18.3 Å². The van der Waals surface area contributed by atoms with Gasteiger partial charge in [0.25, 0.3) is 5.91 Å². The molecule has 0 unspecified atom stereocenters. The van der Waals surface area contributed by atoms with E-state index in [9.17, 15) is 32.7 Å². The number of carbonyl (C=O) groups is 2. The van der Waals surface area contributed by atoms with Crippen molar-refractivity contribution < 1.29 is 27.9 Å². The van der Waals surface area contributed by atoms with Gasteiger partial charge in [0.1, 0.15) is 5.54 Å². The van der Waals surface area contributed by atoms with Crippen LogP contribution in [0, 0.1) is 6.92 Å². The van der Waals surface area contributed by atoms with Crippen LogP contribution in [0.5, 0.6) is 0 Å². The molecule has 3 rings (SSSR count). The number of carboxylic acid groups (broad SMARTS) is 1. The SMILES string of the molecule is Cc1cc(=O)c(C(=O)NC2(C(=O)O)CCC2)nn1-c1ccccc1C(F)(F)F. The number of amides is 1. The molecule has 1 amide bonds. The molecular weight excluding hydrogens is 379 g/mol. The number of carboxylic acids is 1. The highest BCUT2D eigenvalue weighted by atomic mass is 19.4. The quantitative estimate of drug-likeness (QED) is 0.827. The van der Waals surface area contributed by atoms with Crippen molar-refractivity contribution >= 4 is 11.9 Å². The zero-order valence-corrected chi connectivity index (χ0v) is 14.7. The zero-order valence-electron chi connectivity index (χ0n) is 14.7. The molecule has 1 aromatic carbocycles. The average Bonchev–Trinajstić information content (AvgIpc) is 2.57. The zero-order chi connectivity index (χ0) is 20.7. The minimum Gasteiger partial charge on any atom is -0.480 e. The van der Waals surface area contributed by atoms with Crippen LogP contribution in [0.1, 0.15) is 41.0 Å². The predicted octanol–water partition coefficient (Wildman–Crippen LogP) is 2.30. The maximum absolute atomic E-state index is 13.3. The Morgan fingerprint density at radius 3 is 2.43 bits per heavy atom. The molecule has 1 aliphatic carbocycles. The van der Waals surface area contributed by atoms with Gasteiger partial charge in [0.15, 0.2) is 5.69 Å². The molecule has 0 bridgehead atoms. The first-order chi connectivity index (χ1) is 13.0. The lowest BCUT2D eigenvalue weighted by atomic mass is 9.76. The molecule has 0 atom stereocenters. The molecule has 28 heavy (non-hydrogen) atoms. The van der Waals surface area contributed by atoms with Crippen molar-refractivity contribution in [1.82, 2.24) is 15.1 Å². The van der Waals surface area contributed by atoms with E-state index in [1.165, 1.54) is 25.1 Å². The first-order valence-corrected chi connectivity index (χ1v) is 8.39. The third-order valence-corrected chi connectivity index (χ3v) is 4.73. The molecule has 10 heteroatoms. The van der Waals surface area contributed by atoms with E-state index in [0.29, 0.717) is 6.42 Å². The van der Waals surface area contributed by atoms with E-state index in [1.807, 2.05) is 0 Å². The number of benzene rings is 1. The van der Waals surface area contributed by atoms with E-state index in [2.05, 4.69) is 10.4 Å². The Morgan fingerprint density at radius 1 is 1.25 bits per heavy atom. The second kappa shape index (κ2) is 6.77. The molecule has 0 saturated heterocycles. The van der Waals surface area contributed by atoms with E-state index >= 15 is 0 Å². The Morgan fingerprint density at radius 2 is 1.89 bits per heavy atom. The molecule has 7 nitrogen and oxygen atoms in total. The molecule has 2 aromatic rings. The Bertz CT molecular complexity index is 1010. The van der Waals surface area contributed by atoms with Gasteiger partial charge in [-0.25, -0.2) is 9.48 Å². The highest BCUT2D eigenvalue weighted by Gasteiger charge is 2.46. The first kappa shape index (κ1) is 19.6. The van der Waals surface area contributed by atoms with Gasteiger partial charge in [-0.15, -0.1) is 0 Å². The molecule has 1 heterocycles. The number of aryl methyl sites for hydroxylation is 1. The lowest BCUT2D eigenvalue weighted by Crippen LogP contribution is -2.59. The fraction of sp³-hybridized carbons (Fsp3) is 0.333. The second-order valence-corrected chi connectivity index (χ2v) is 6.62. The number of nitrogens with one attached hydrogen (secondary N) is 1. The standard InChI is InChI=1S/C18H16F3N3O4/c1-10-9-13(25)14(15(26)22-17(16(27)28)7-4-8-17)23-24(10)12-6-3-2-5-11(12)18(19,20)21/h2-3,5-6,9H,4,7-8H2,1H3,(H,22,26)(H,27,28). The maximum atomic E-state index is 13.3. The molecule has 1 aliphatic rings. The van der Waals surface area contributed by atoms with E-state index in [4.69, 9.17) is 0 Å². The molecule has 1 fully saturated rings. The molecule has 1 aromatic heterocycles. The number of hydrogen-bond donors (Lipinski definition) is 2. The number of aromatic nitrogens is 2. The van der Waals surface area contributed by atoms with Gasteiger partial charge in [-0.05, 0) is 38.3 Å². The maximum Gasteiger partial charge on any atom is 0.418 e. The van der Waals surface area contributed by atoms with Crippen molar-refractivity contribution in [3.63, 3.8) is 0 Å². The normalized spacial score (nSPS) is 15.6. The number of halogens is 3.